The summed E-state index contributed by atoms with van der Waals surface area (Å²) in [7, 11) is 0. The van der Waals surface area contributed by atoms with Crippen LogP contribution in [0, 0.1) is 0 Å². The first-order valence-electron chi connectivity index (χ1n) is 9.20. The third-order valence-corrected chi connectivity index (χ3v) is 4.79. The molecule has 0 spiro atoms. The standard InChI is InChI=1S/C21H23N4O2/c1-15-5-8-21(23-12-15)27-16-9-11-25(13-16)20-7-6-18(24-19(20)14-26)17-4-2-3-10-22-17/h2-8,10,12,16,21,26H,9,11,13-14H2,1H3/q-1/t16-,21?/m0/s1. The molecule has 1 saturated heterocycles. The Kier molecular flexibility index (Phi) is 5.18. The summed E-state index contributed by atoms with van der Waals surface area (Å²) in [6.45, 7) is 3.54. The number of aromatic nitrogens is 2. The molecule has 1 unspecified atom stereocenters. The molecule has 2 aromatic heterocycles. The predicted octanol–water partition coefficient (Wildman–Crippen LogP) is 3.40. The highest BCUT2D eigenvalue weighted by Gasteiger charge is 2.26. The van der Waals surface area contributed by atoms with Crippen LogP contribution in [0.15, 0.2) is 60.5 Å². The lowest BCUT2D eigenvalue weighted by Gasteiger charge is -2.33. The van der Waals surface area contributed by atoms with Crippen LogP contribution in [0.5, 0.6) is 0 Å². The van der Waals surface area contributed by atoms with Crippen molar-refractivity contribution in [3.05, 3.63) is 71.5 Å². The van der Waals surface area contributed by atoms with E-state index in [1.165, 1.54) is 0 Å². The Bertz CT molecular complexity index is 851. The van der Waals surface area contributed by atoms with Gasteiger partial charge in [0.1, 0.15) is 0 Å². The first-order chi connectivity index (χ1) is 13.2. The number of aliphatic hydroxyl groups excluding tert-OH is 1. The van der Waals surface area contributed by atoms with Crippen LogP contribution in [0.3, 0.4) is 0 Å². The highest BCUT2D eigenvalue weighted by molar-refractivity contribution is 5.61. The van der Waals surface area contributed by atoms with Crippen LogP contribution >= 0.6 is 0 Å². The molecule has 0 radical (unpaired) electrons. The van der Waals surface area contributed by atoms with Crippen molar-refractivity contribution in [2.24, 2.45) is 0 Å². The average molecular weight is 363 g/mol. The van der Waals surface area contributed by atoms with Gasteiger partial charge in [-0.05, 0) is 37.6 Å². The zero-order chi connectivity index (χ0) is 18.6. The van der Waals surface area contributed by atoms with Gasteiger partial charge in [0.15, 0.2) is 0 Å². The van der Waals surface area contributed by atoms with E-state index in [1.807, 2.05) is 55.6 Å². The summed E-state index contributed by atoms with van der Waals surface area (Å²) >= 11 is 0. The van der Waals surface area contributed by atoms with Gasteiger partial charge in [0.2, 0.25) is 0 Å². The molecule has 2 aliphatic rings. The van der Waals surface area contributed by atoms with Crippen LogP contribution in [0.2, 0.25) is 0 Å². The van der Waals surface area contributed by atoms with E-state index in [0.29, 0.717) is 5.69 Å². The van der Waals surface area contributed by atoms with Gasteiger partial charge in [-0.2, -0.15) is 6.20 Å². The molecular formula is C21H23N4O2-. The maximum Gasteiger partial charge on any atom is 0.0899 e. The second-order valence-corrected chi connectivity index (χ2v) is 6.80. The van der Waals surface area contributed by atoms with E-state index >= 15 is 0 Å². The van der Waals surface area contributed by atoms with Gasteiger partial charge >= 0.3 is 0 Å². The molecule has 2 atom stereocenters. The number of pyridine rings is 2. The van der Waals surface area contributed by atoms with E-state index in [-0.39, 0.29) is 18.9 Å². The van der Waals surface area contributed by atoms with E-state index in [0.717, 1.165) is 42.2 Å². The van der Waals surface area contributed by atoms with Crippen LogP contribution in [-0.4, -0.2) is 40.5 Å². The Labute approximate surface area is 159 Å². The molecule has 27 heavy (non-hydrogen) atoms. The molecule has 2 aromatic rings. The number of hydrogen-bond donors (Lipinski definition) is 1. The number of ether oxygens (including phenoxy) is 1. The highest BCUT2D eigenvalue weighted by atomic mass is 16.5. The molecule has 1 fully saturated rings. The van der Waals surface area contributed by atoms with Crippen molar-refractivity contribution in [2.45, 2.75) is 32.3 Å². The van der Waals surface area contributed by atoms with Crippen molar-refractivity contribution in [1.29, 1.82) is 0 Å². The Balaban J connectivity index is 1.45. The molecule has 6 nitrogen and oxygen atoms in total. The lowest BCUT2D eigenvalue weighted by atomic mass is 10.2. The molecule has 140 valence electrons. The van der Waals surface area contributed by atoms with E-state index in [2.05, 4.69) is 20.2 Å². The molecule has 2 aliphatic heterocycles. The maximum absolute atomic E-state index is 9.83. The summed E-state index contributed by atoms with van der Waals surface area (Å²) in [6, 6.07) is 9.69. The molecule has 4 heterocycles. The van der Waals surface area contributed by atoms with Crippen LogP contribution in [-0.2, 0) is 11.3 Å². The SMILES string of the molecule is CC1=C[N-]C(O[C@H]2CCN(c3ccc(-c4ccccn4)nc3CO)C2)C=C1. The van der Waals surface area contributed by atoms with Crippen molar-refractivity contribution in [1.82, 2.24) is 9.97 Å². The molecule has 0 bridgehead atoms. The molecule has 0 amide bonds. The number of aliphatic hydroxyl groups is 1. The fourth-order valence-electron chi connectivity index (χ4n) is 3.41. The van der Waals surface area contributed by atoms with Gasteiger partial charge < -0.3 is 20.1 Å². The van der Waals surface area contributed by atoms with Crippen molar-refractivity contribution < 1.29 is 9.84 Å². The topological polar surface area (TPSA) is 72.6 Å². The lowest BCUT2D eigenvalue weighted by Crippen LogP contribution is -2.26. The Morgan fingerprint density at radius 1 is 1.26 bits per heavy atom. The van der Waals surface area contributed by atoms with Gasteiger partial charge in [0.05, 0.1) is 35.5 Å². The average Bonchev–Trinajstić information content (AvgIpc) is 3.18. The van der Waals surface area contributed by atoms with Gasteiger partial charge in [-0.3, -0.25) is 4.98 Å². The second kappa shape index (κ2) is 7.90. The first kappa shape index (κ1) is 17.7. The van der Waals surface area contributed by atoms with Gasteiger partial charge in [-0.1, -0.05) is 23.8 Å². The molecule has 4 rings (SSSR count). The minimum absolute atomic E-state index is 0.108. The fraction of sp³-hybridized carbons (Fsp3) is 0.333. The van der Waals surface area contributed by atoms with Gasteiger partial charge in [0.25, 0.3) is 0 Å². The van der Waals surface area contributed by atoms with Crippen LogP contribution in [0.25, 0.3) is 16.7 Å². The minimum Gasteiger partial charge on any atom is -0.663 e. The largest absolute Gasteiger partial charge is 0.663 e. The quantitative estimate of drug-likeness (QED) is 0.881. The normalized spacial score (nSPS) is 21.9. The number of nitrogens with zero attached hydrogens (tertiary/aromatic N) is 4. The summed E-state index contributed by atoms with van der Waals surface area (Å²) in [6.07, 6.45) is 8.44. The molecule has 0 saturated carbocycles. The van der Waals surface area contributed by atoms with E-state index in [4.69, 9.17) is 4.74 Å². The van der Waals surface area contributed by atoms with Gasteiger partial charge in [0, 0.05) is 25.5 Å². The summed E-state index contributed by atoms with van der Waals surface area (Å²) in [4.78, 5) is 11.2. The van der Waals surface area contributed by atoms with E-state index in [1.54, 1.807) is 6.20 Å². The van der Waals surface area contributed by atoms with Gasteiger partial charge in [-0.25, -0.2) is 4.98 Å². The number of hydrogen-bond acceptors (Lipinski definition) is 5. The fourth-order valence-corrected chi connectivity index (χ4v) is 3.41. The van der Waals surface area contributed by atoms with Crippen molar-refractivity contribution in [2.75, 3.05) is 18.0 Å². The molecular weight excluding hydrogens is 340 g/mol. The number of rotatable bonds is 5. The monoisotopic (exact) mass is 363 g/mol. The Morgan fingerprint density at radius 2 is 2.19 bits per heavy atom. The van der Waals surface area contributed by atoms with E-state index in [9.17, 15) is 5.11 Å². The van der Waals surface area contributed by atoms with Crippen LogP contribution in [0.1, 0.15) is 19.0 Å². The predicted molar refractivity (Wildman–Crippen MR) is 105 cm³/mol. The molecule has 1 N–H and O–H groups in total. The number of allylic oxidation sites excluding steroid dienone is 2. The van der Waals surface area contributed by atoms with Crippen molar-refractivity contribution >= 4 is 5.69 Å². The van der Waals surface area contributed by atoms with E-state index < -0.39 is 0 Å². The summed E-state index contributed by atoms with van der Waals surface area (Å²) in [5.41, 5.74) is 4.32. The zero-order valence-electron chi connectivity index (χ0n) is 15.3. The zero-order valence-corrected chi connectivity index (χ0v) is 15.3. The smallest absolute Gasteiger partial charge is 0.0899 e. The minimum atomic E-state index is -0.208. The Morgan fingerprint density at radius 3 is 2.93 bits per heavy atom. The maximum atomic E-state index is 9.83. The van der Waals surface area contributed by atoms with Crippen LogP contribution in [0.4, 0.5) is 5.69 Å². The highest BCUT2D eigenvalue weighted by Crippen LogP contribution is 2.29. The third-order valence-electron chi connectivity index (χ3n) is 4.79. The number of anilines is 1. The summed E-state index contributed by atoms with van der Waals surface area (Å²) < 4.78 is 6.09. The lowest BCUT2D eigenvalue weighted by molar-refractivity contribution is 0.0466. The first-order valence-corrected chi connectivity index (χ1v) is 9.20. The summed E-state index contributed by atoms with van der Waals surface area (Å²) in [5, 5.41) is 14.2. The Hall–Kier alpha value is -2.70. The molecule has 0 aliphatic carbocycles. The van der Waals surface area contributed by atoms with Gasteiger partial charge in [-0.15, -0.1) is 0 Å². The van der Waals surface area contributed by atoms with Crippen molar-refractivity contribution in [3.63, 3.8) is 0 Å². The summed E-state index contributed by atoms with van der Waals surface area (Å²) in [5.74, 6) is 0. The molecule has 6 heteroatoms. The molecule has 0 aromatic carbocycles. The van der Waals surface area contributed by atoms with Crippen molar-refractivity contribution in [3.8, 4) is 11.4 Å². The second-order valence-electron chi connectivity index (χ2n) is 6.80. The van der Waals surface area contributed by atoms with Crippen LogP contribution < -0.4 is 4.90 Å². The third kappa shape index (κ3) is 4.02.